The molecule has 6 rings (SSSR count). The number of hydrogen-bond acceptors (Lipinski definition) is 4. The van der Waals surface area contributed by atoms with E-state index in [0.29, 0.717) is 34.7 Å². The summed E-state index contributed by atoms with van der Waals surface area (Å²) >= 11 is 6.12. The molecule has 39 heavy (non-hydrogen) atoms. The molecular weight excluding hydrogens is 508 g/mol. The summed E-state index contributed by atoms with van der Waals surface area (Å²) in [6, 6.07) is 23.7. The first-order chi connectivity index (χ1) is 18.9. The zero-order valence-electron chi connectivity index (χ0n) is 22.1. The lowest BCUT2D eigenvalue weighted by molar-refractivity contribution is -0.114. The normalized spacial score (nSPS) is 19.7. The Labute approximate surface area is 233 Å². The number of nitrogens with zero attached hydrogens (tertiary/aromatic N) is 3. The molecule has 2 heterocycles. The monoisotopic (exact) mass is 540 g/mol. The lowest BCUT2D eigenvalue weighted by Crippen LogP contribution is -2.35. The highest BCUT2D eigenvalue weighted by Crippen LogP contribution is 2.41. The van der Waals surface area contributed by atoms with Crippen molar-refractivity contribution in [3.63, 3.8) is 0 Å². The lowest BCUT2D eigenvalue weighted by Gasteiger charge is -2.32. The number of benzene rings is 3. The number of likely N-dealkylation sites (tertiary alicyclic amines) is 1. The minimum Gasteiger partial charge on any atom is -0.326 e. The molecule has 2 atom stereocenters. The fourth-order valence-electron chi connectivity index (χ4n) is 6.01. The minimum absolute atomic E-state index is 0.0173. The third kappa shape index (κ3) is 5.77. The molecular formula is C32H33ClN4O2. The number of piperidine rings is 1. The van der Waals surface area contributed by atoms with E-state index in [2.05, 4.69) is 22.3 Å². The Morgan fingerprint density at radius 3 is 2.41 bits per heavy atom. The van der Waals surface area contributed by atoms with Crippen LogP contribution in [0.4, 0.5) is 5.69 Å². The summed E-state index contributed by atoms with van der Waals surface area (Å²) in [7, 11) is 0. The molecule has 2 fully saturated rings. The third-order valence-electron chi connectivity index (χ3n) is 8.22. The van der Waals surface area contributed by atoms with Crippen LogP contribution in [-0.2, 0) is 11.3 Å². The molecule has 1 aliphatic heterocycles. The van der Waals surface area contributed by atoms with Gasteiger partial charge in [-0.3, -0.25) is 9.59 Å². The van der Waals surface area contributed by atoms with E-state index < -0.39 is 0 Å². The number of carbonyl (C=O) groups is 1. The largest absolute Gasteiger partial charge is 0.326 e. The predicted molar refractivity (Wildman–Crippen MR) is 157 cm³/mol. The maximum atomic E-state index is 13.3. The number of nitrogens with one attached hydrogen (secondary N) is 1. The van der Waals surface area contributed by atoms with Gasteiger partial charge in [-0.05, 0) is 86.0 Å². The van der Waals surface area contributed by atoms with Crippen molar-refractivity contribution in [2.75, 3.05) is 25.0 Å². The van der Waals surface area contributed by atoms with Gasteiger partial charge in [-0.15, -0.1) is 0 Å². The number of rotatable bonds is 7. The quantitative estimate of drug-likeness (QED) is 0.303. The van der Waals surface area contributed by atoms with Gasteiger partial charge >= 0.3 is 0 Å². The van der Waals surface area contributed by atoms with Gasteiger partial charge in [0, 0.05) is 41.7 Å². The Hall–Kier alpha value is -3.48. The Morgan fingerprint density at radius 1 is 0.949 bits per heavy atom. The van der Waals surface area contributed by atoms with E-state index in [9.17, 15) is 9.59 Å². The number of amides is 1. The highest BCUT2D eigenvalue weighted by atomic mass is 35.5. The van der Waals surface area contributed by atoms with E-state index in [1.807, 2.05) is 60.7 Å². The second-order valence-electron chi connectivity index (χ2n) is 11.0. The molecule has 0 radical (unpaired) electrons. The van der Waals surface area contributed by atoms with Gasteiger partial charge in [-0.25, -0.2) is 4.68 Å². The van der Waals surface area contributed by atoms with Crippen molar-refractivity contribution in [3.8, 4) is 11.3 Å². The van der Waals surface area contributed by atoms with Gasteiger partial charge in [-0.2, -0.15) is 5.10 Å². The van der Waals surface area contributed by atoms with Gasteiger partial charge in [0.2, 0.25) is 5.91 Å². The Morgan fingerprint density at radius 2 is 1.67 bits per heavy atom. The maximum Gasteiger partial charge on any atom is 0.274 e. The summed E-state index contributed by atoms with van der Waals surface area (Å²) < 4.78 is 1.69. The summed E-state index contributed by atoms with van der Waals surface area (Å²) in [5, 5.41) is 10.0. The summed E-state index contributed by atoms with van der Waals surface area (Å²) in [4.78, 5) is 27.3. The molecule has 1 saturated carbocycles. The van der Waals surface area contributed by atoms with E-state index >= 15 is 0 Å². The van der Waals surface area contributed by atoms with Gasteiger partial charge in [-0.1, -0.05) is 54.1 Å². The van der Waals surface area contributed by atoms with Crippen LogP contribution in [0.25, 0.3) is 22.0 Å². The molecule has 1 amide bonds. The fraction of sp³-hybridized carbons (Fsp3) is 0.344. The van der Waals surface area contributed by atoms with E-state index in [1.54, 1.807) is 11.6 Å². The third-order valence-corrected chi connectivity index (χ3v) is 8.47. The van der Waals surface area contributed by atoms with Crippen LogP contribution in [0, 0.1) is 11.8 Å². The van der Waals surface area contributed by atoms with Crippen LogP contribution >= 0.6 is 11.6 Å². The first-order valence-electron chi connectivity index (χ1n) is 13.8. The number of carbonyl (C=O) groups excluding carboxylic acids is 1. The van der Waals surface area contributed by atoms with Crippen molar-refractivity contribution in [1.29, 1.82) is 0 Å². The van der Waals surface area contributed by atoms with Crippen LogP contribution in [0.1, 0.15) is 37.7 Å². The average Bonchev–Trinajstić information content (AvgIpc) is 3.68. The molecule has 0 spiro atoms. The van der Waals surface area contributed by atoms with Crippen molar-refractivity contribution in [3.05, 3.63) is 93.7 Å². The fourth-order valence-corrected chi connectivity index (χ4v) is 6.14. The molecule has 1 aromatic heterocycles. The minimum atomic E-state index is -0.0386. The van der Waals surface area contributed by atoms with Crippen LogP contribution in [0.3, 0.4) is 0 Å². The average molecular weight is 541 g/mol. The molecule has 4 aromatic rings. The molecule has 7 heteroatoms. The van der Waals surface area contributed by atoms with Crippen LogP contribution in [0.15, 0.2) is 77.6 Å². The molecule has 2 aliphatic rings. The van der Waals surface area contributed by atoms with E-state index in [-0.39, 0.29) is 11.5 Å². The summed E-state index contributed by atoms with van der Waals surface area (Å²) in [5.74, 6) is 1.56. The van der Waals surface area contributed by atoms with Gasteiger partial charge in [0.25, 0.3) is 5.56 Å². The van der Waals surface area contributed by atoms with Crippen molar-refractivity contribution < 1.29 is 4.79 Å². The van der Waals surface area contributed by atoms with Crippen LogP contribution in [0.2, 0.25) is 5.02 Å². The second-order valence-corrected chi connectivity index (χ2v) is 11.5. The molecule has 3 aromatic carbocycles. The summed E-state index contributed by atoms with van der Waals surface area (Å²) in [6.45, 7) is 5.43. The number of anilines is 1. The Balaban J connectivity index is 1.10. The van der Waals surface area contributed by atoms with Gasteiger partial charge in [0.1, 0.15) is 0 Å². The van der Waals surface area contributed by atoms with Crippen molar-refractivity contribution in [1.82, 2.24) is 14.7 Å². The summed E-state index contributed by atoms with van der Waals surface area (Å²) in [5.41, 5.74) is 3.95. The number of hydrogen-bond donors (Lipinski definition) is 1. The smallest absolute Gasteiger partial charge is 0.274 e. The van der Waals surface area contributed by atoms with Crippen molar-refractivity contribution in [2.45, 2.75) is 38.6 Å². The SMILES string of the molecule is CC(=O)Nc1cccc(C2CCN(CC3CC3Cn3nc(-c4ccc(Cl)cc4)c4ccccc4c3=O)CC2)c1. The second kappa shape index (κ2) is 10.9. The maximum absolute atomic E-state index is 13.3. The molecule has 6 nitrogen and oxygen atoms in total. The van der Waals surface area contributed by atoms with E-state index in [0.717, 1.165) is 61.2 Å². The highest BCUT2D eigenvalue weighted by Gasteiger charge is 2.39. The zero-order valence-corrected chi connectivity index (χ0v) is 22.9. The van der Waals surface area contributed by atoms with E-state index in [4.69, 9.17) is 16.7 Å². The summed E-state index contributed by atoms with van der Waals surface area (Å²) in [6.07, 6.45) is 3.38. The van der Waals surface area contributed by atoms with Crippen LogP contribution < -0.4 is 10.9 Å². The van der Waals surface area contributed by atoms with Gasteiger partial charge in [0.05, 0.1) is 11.1 Å². The Kier molecular flexibility index (Phi) is 7.24. The molecule has 200 valence electrons. The van der Waals surface area contributed by atoms with Crippen molar-refractivity contribution in [2.24, 2.45) is 11.8 Å². The predicted octanol–water partition coefficient (Wildman–Crippen LogP) is 6.19. The lowest BCUT2D eigenvalue weighted by atomic mass is 9.89. The highest BCUT2D eigenvalue weighted by molar-refractivity contribution is 6.30. The zero-order chi connectivity index (χ0) is 26.9. The molecule has 0 bridgehead atoms. The number of fused-ring (bicyclic) bond motifs is 1. The van der Waals surface area contributed by atoms with Crippen LogP contribution in [0.5, 0.6) is 0 Å². The first kappa shape index (κ1) is 25.8. The molecule has 1 saturated heterocycles. The molecule has 2 unspecified atom stereocenters. The Bertz CT molecular complexity index is 1560. The number of halogens is 1. The standard InChI is InChI=1S/C32H33ClN4O2/c1-21(38)34-28-6-4-5-24(18-28)22-13-15-36(16-14-22)19-25-17-26(25)20-37-32(39)30-8-3-2-7-29(30)31(35-37)23-9-11-27(33)12-10-23/h2-12,18,22,25-26H,13-17,19-20H2,1H3,(H,34,38). The topological polar surface area (TPSA) is 67.2 Å². The van der Waals surface area contributed by atoms with Crippen LogP contribution in [-0.4, -0.2) is 40.2 Å². The number of aromatic nitrogens is 2. The first-order valence-corrected chi connectivity index (χ1v) is 14.2. The van der Waals surface area contributed by atoms with Crippen molar-refractivity contribution >= 4 is 34.0 Å². The molecule has 1 aliphatic carbocycles. The van der Waals surface area contributed by atoms with E-state index in [1.165, 1.54) is 5.56 Å². The van der Waals surface area contributed by atoms with Gasteiger partial charge < -0.3 is 10.2 Å². The molecule has 1 N–H and O–H groups in total. The van der Waals surface area contributed by atoms with Gasteiger partial charge in [0.15, 0.2) is 0 Å².